The van der Waals surface area contributed by atoms with Crippen LogP contribution in [-0.4, -0.2) is 23.4 Å². The van der Waals surface area contributed by atoms with Gasteiger partial charge in [0, 0.05) is 0 Å². The van der Waals surface area contributed by atoms with Crippen molar-refractivity contribution in [3.63, 3.8) is 0 Å². The number of carboxylic acid groups (broad SMARTS) is 1. The number of allylic oxidation sites excluding steroid dienone is 4. The molecule has 1 aromatic carbocycles. The number of halogens is 1. The summed E-state index contributed by atoms with van der Waals surface area (Å²) in [6, 6.07) is 9.42. The zero-order valence-corrected chi connectivity index (χ0v) is 13.8. The molecule has 1 unspecified atom stereocenters. The fourth-order valence-electron chi connectivity index (χ4n) is 2.59. The first-order valence-electron chi connectivity index (χ1n) is 8.16. The highest BCUT2D eigenvalue weighted by Gasteiger charge is 2.42. The second kappa shape index (κ2) is 8.60. The average molecular weight is 330 g/mol. The first-order valence-corrected chi connectivity index (χ1v) is 8.16. The van der Waals surface area contributed by atoms with Gasteiger partial charge in [-0.15, -0.1) is 0 Å². The summed E-state index contributed by atoms with van der Waals surface area (Å²) in [6.45, 7) is 2.01. The molecule has 0 heterocycles. The summed E-state index contributed by atoms with van der Waals surface area (Å²) < 4.78 is 20.8. The Balaban J connectivity index is 2.07. The highest BCUT2D eigenvalue weighted by Crippen LogP contribution is 2.33. The van der Waals surface area contributed by atoms with Crippen LogP contribution >= 0.6 is 0 Å². The van der Waals surface area contributed by atoms with E-state index < -0.39 is 17.6 Å². The minimum absolute atomic E-state index is 0.247. The quantitative estimate of drug-likeness (QED) is 0.765. The lowest BCUT2D eigenvalue weighted by Gasteiger charge is -2.29. The van der Waals surface area contributed by atoms with Gasteiger partial charge >= 0.3 is 5.97 Å². The second-order valence-electron chi connectivity index (χ2n) is 5.92. The Morgan fingerprint density at radius 1 is 1.38 bits per heavy atom. The van der Waals surface area contributed by atoms with Gasteiger partial charge in [0.1, 0.15) is 5.92 Å². The number of aliphatic carboxylic acids is 1. The van der Waals surface area contributed by atoms with Crippen molar-refractivity contribution in [1.82, 2.24) is 0 Å². The van der Waals surface area contributed by atoms with E-state index in [0.29, 0.717) is 5.57 Å². The lowest BCUT2D eigenvalue weighted by Crippen LogP contribution is -2.41. The summed E-state index contributed by atoms with van der Waals surface area (Å²) in [6.07, 6.45) is 10.1. The van der Waals surface area contributed by atoms with E-state index in [2.05, 4.69) is 6.92 Å². The van der Waals surface area contributed by atoms with Crippen molar-refractivity contribution in [2.45, 2.75) is 32.0 Å². The molecule has 0 radical (unpaired) electrons. The summed E-state index contributed by atoms with van der Waals surface area (Å²) in [5.74, 6) is -2.43. The first kappa shape index (κ1) is 18.1. The summed E-state index contributed by atoms with van der Waals surface area (Å²) in [4.78, 5) is 11.4. The zero-order valence-electron chi connectivity index (χ0n) is 13.8. The van der Waals surface area contributed by atoms with E-state index in [1.54, 1.807) is 6.08 Å². The molecule has 0 aliphatic heterocycles. The predicted octanol–water partition coefficient (Wildman–Crippen LogP) is 4.46. The summed E-state index contributed by atoms with van der Waals surface area (Å²) in [5, 5.41) is 9.30. The van der Waals surface area contributed by atoms with E-state index in [1.807, 2.05) is 42.5 Å². The van der Waals surface area contributed by atoms with E-state index in [9.17, 15) is 9.90 Å². The number of benzene rings is 1. The van der Waals surface area contributed by atoms with Crippen LogP contribution in [-0.2, 0) is 16.1 Å². The van der Waals surface area contributed by atoms with Gasteiger partial charge in [0.15, 0.2) is 5.67 Å². The number of alkyl halides is 1. The van der Waals surface area contributed by atoms with Gasteiger partial charge in [0.05, 0.1) is 13.2 Å². The second-order valence-corrected chi connectivity index (χ2v) is 5.92. The normalized spacial score (nSPS) is 23.4. The Bertz CT molecular complexity index is 634. The Morgan fingerprint density at radius 3 is 2.79 bits per heavy atom. The van der Waals surface area contributed by atoms with Crippen molar-refractivity contribution < 1.29 is 19.0 Å². The maximum Gasteiger partial charge on any atom is 0.314 e. The lowest BCUT2D eigenvalue weighted by atomic mass is 9.83. The number of carbonyl (C=O) groups is 1. The smallest absolute Gasteiger partial charge is 0.314 e. The standard InChI is InChI=1S/C20H23FO3/c1-2-3-5-8-16-11-12-18(19(22)23)20(21,13-16)15-24-14-17-9-6-4-7-10-17/h4-13,18H,2-3,14-15H2,1H3,(H,22,23)/t18?,20-/m1/s1. The third-order valence-corrected chi connectivity index (χ3v) is 3.87. The summed E-state index contributed by atoms with van der Waals surface area (Å²) in [7, 11) is 0. The minimum atomic E-state index is -2.05. The van der Waals surface area contributed by atoms with Crippen LogP contribution in [0.2, 0.25) is 0 Å². The maximum atomic E-state index is 15.3. The van der Waals surface area contributed by atoms with Gasteiger partial charge in [-0.25, -0.2) is 4.39 Å². The zero-order chi connectivity index (χ0) is 17.4. The molecule has 128 valence electrons. The molecule has 3 nitrogen and oxygen atoms in total. The van der Waals surface area contributed by atoms with Gasteiger partial charge in [0.25, 0.3) is 0 Å². The third-order valence-electron chi connectivity index (χ3n) is 3.87. The SMILES string of the molecule is CCCC=CC1=C[C@@](F)(COCc2ccccc2)C(C(=O)O)C=C1. The van der Waals surface area contributed by atoms with Crippen LogP contribution in [0.3, 0.4) is 0 Å². The molecule has 1 N–H and O–H groups in total. The Hall–Kier alpha value is -2.20. The molecule has 2 rings (SSSR count). The molecule has 0 saturated carbocycles. The number of carboxylic acids is 1. The molecule has 24 heavy (non-hydrogen) atoms. The van der Waals surface area contributed by atoms with E-state index in [1.165, 1.54) is 12.2 Å². The number of ether oxygens (including phenoxy) is 1. The molecule has 2 atom stereocenters. The van der Waals surface area contributed by atoms with Gasteiger partial charge in [-0.3, -0.25) is 4.79 Å². The molecule has 4 heteroatoms. The average Bonchev–Trinajstić information content (AvgIpc) is 2.55. The van der Waals surface area contributed by atoms with Crippen LogP contribution in [0.1, 0.15) is 25.3 Å². The van der Waals surface area contributed by atoms with Gasteiger partial charge < -0.3 is 9.84 Å². The van der Waals surface area contributed by atoms with Gasteiger partial charge in [-0.05, 0) is 23.6 Å². The molecule has 1 aliphatic rings. The molecule has 1 aliphatic carbocycles. The summed E-state index contributed by atoms with van der Waals surface area (Å²) in [5.41, 5.74) is -0.459. The van der Waals surface area contributed by atoms with Crippen molar-refractivity contribution in [2.24, 2.45) is 5.92 Å². The van der Waals surface area contributed by atoms with Crippen LogP contribution in [0.25, 0.3) is 0 Å². The van der Waals surface area contributed by atoms with Crippen molar-refractivity contribution in [3.05, 3.63) is 71.8 Å². The van der Waals surface area contributed by atoms with Gasteiger partial charge in [-0.2, -0.15) is 0 Å². The Kier molecular flexibility index (Phi) is 6.50. The number of hydrogen-bond acceptors (Lipinski definition) is 2. The van der Waals surface area contributed by atoms with E-state index >= 15 is 4.39 Å². The van der Waals surface area contributed by atoms with Crippen molar-refractivity contribution in [2.75, 3.05) is 6.61 Å². The highest BCUT2D eigenvalue weighted by molar-refractivity contribution is 5.75. The predicted molar refractivity (Wildman–Crippen MR) is 92.3 cm³/mol. The number of unbranched alkanes of at least 4 members (excludes halogenated alkanes) is 1. The van der Waals surface area contributed by atoms with E-state index in [-0.39, 0.29) is 13.2 Å². The highest BCUT2D eigenvalue weighted by atomic mass is 19.1. The van der Waals surface area contributed by atoms with E-state index in [4.69, 9.17) is 4.74 Å². The molecule has 0 spiro atoms. The van der Waals surface area contributed by atoms with Crippen molar-refractivity contribution in [1.29, 1.82) is 0 Å². The van der Waals surface area contributed by atoms with Crippen LogP contribution in [0, 0.1) is 5.92 Å². The molecule has 0 aromatic heterocycles. The van der Waals surface area contributed by atoms with Gasteiger partial charge in [0.2, 0.25) is 0 Å². The largest absolute Gasteiger partial charge is 0.481 e. The number of rotatable bonds is 8. The van der Waals surface area contributed by atoms with Crippen molar-refractivity contribution in [3.8, 4) is 0 Å². The fraction of sp³-hybridized carbons (Fsp3) is 0.350. The first-order chi connectivity index (χ1) is 11.5. The minimum Gasteiger partial charge on any atom is -0.481 e. The van der Waals surface area contributed by atoms with Crippen LogP contribution in [0.15, 0.2) is 66.3 Å². The molecular formula is C20H23FO3. The van der Waals surface area contributed by atoms with Gasteiger partial charge in [-0.1, -0.05) is 68.0 Å². The molecule has 0 bridgehead atoms. The van der Waals surface area contributed by atoms with Crippen LogP contribution in [0.5, 0.6) is 0 Å². The topological polar surface area (TPSA) is 46.5 Å². The molecule has 1 aromatic rings. The number of hydrogen-bond donors (Lipinski definition) is 1. The van der Waals surface area contributed by atoms with Crippen LogP contribution < -0.4 is 0 Å². The Labute approximate surface area is 142 Å². The molecule has 0 saturated heterocycles. The van der Waals surface area contributed by atoms with E-state index in [0.717, 1.165) is 18.4 Å². The molecule has 0 fully saturated rings. The fourth-order valence-corrected chi connectivity index (χ4v) is 2.59. The lowest BCUT2D eigenvalue weighted by molar-refractivity contribution is -0.145. The Morgan fingerprint density at radius 2 is 2.12 bits per heavy atom. The summed E-state index contributed by atoms with van der Waals surface area (Å²) >= 11 is 0. The third kappa shape index (κ3) is 4.90. The maximum absolute atomic E-state index is 15.3. The molecule has 0 amide bonds. The van der Waals surface area contributed by atoms with Crippen molar-refractivity contribution >= 4 is 5.97 Å². The monoisotopic (exact) mass is 330 g/mol. The molecular weight excluding hydrogens is 307 g/mol. The van der Waals surface area contributed by atoms with Crippen LogP contribution in [0.4, 0.5) is 4.39 Å².